The van der Waals surface area contributed by atoms with Gasteiger partial charge in [-0.05, 0) is 36.6 Å². The van der Waals surface area contributed by atoms with Crippen molar-refractivity contribution in [3.8, 4) is 11.5 Å². The first-order chi connectivity index (χ1) is 13.2. The van der Waals surface area contributed by atoms with Crippen molar-refractivity contribution in [1.82, 2.24) is 20.3 Å². The topological polar surface area (TPSA) is 82.7 Å². The molecule has 2 heterocycles. The Bertz CT molecular complexity index is 1100. The molecule has 27 heavy (non-hydrogen) atoms. The highest BCUT2D eigenvalue weighted by atomic mass is 32.1. The van der Waals surface area contributed by atoms with Crippen molar-refractivity contribution in [1.29, 1.82) is 0 Å². The molecule has 134 valence electrons. The Balaban J connectivity index is 1.33. The van der Waals surface area contributed by atoms with Crippen molar-refractivity contribution >= 4 is 34.1 Å². The van der Waals surface area contributed by atoms with Crippen LogP contribution in [0.5, 0.6) is 0 Å². The van der Waals surface area contributed by atoms with Gasteiger partial charge in [0.25, 0.3) is 0 Å². The summed E-state index contributed by atoms with van der Waals surface area (Å²) in [4.78, 5) is 24.6. The maximum absolute atomic E-state index is 12.5. The van der Waals surface area contributed by atoms with Crippen molar-refractivity contribution < 1.29 is 4.79 Å². The average molecular weight is 375 g/mol. The van der Waals surface area contributed by atoms with Gasteiger partial charge in [-0.2, -0.15) is 0 Å². The molecule has 0 saturated heterocycles. The fourth-order valence-corrected chi connectivity index (χ4v) is 3.82. The highest BCUT2D eigenvalue weighted by Gasteiger charge is 2.45. The number of amides is 2. The molecule has 2 aromatic heterocycles. The summed E-state index contributed by atoms with van der Waals surface area (Å²) in [6.07, 6.45) is 1.92. The molecule has 1 fully saturated rings. The molecule has 5 rings (SSSR count). The number of H-pyrrole nitrogens is 1. The number of aromatic nitrogens is 3. The van der Waals surface area contributed by atoms with E-state index in [0.717, 1.165) is 46.6 Å². The minimum absolute atomic E-state index is 0.199. The molecule has 2 aromatic carbocycles. The molecule has 0 bridgehead atoms. The van der Waals surface area contributed by atoms with E-state index < -0.39 is 0 Å². The van der Waals surface area contributed by atoms with Gasteiger partial charge < -0.3 is 15.6 Å². The largest absolute Gasteiger partial charge is 0.337 e. The molecule has 0 atom stereocenters. The number of aromatic amines is 1. The number of fused-ring (bicyclic) bond motifs is 1. The third-order valence-electron chi connectivity index (χ3n) is 4.84. The van der Waals surface area contributed by atoms with Crippen LogP contribution in [-0.4, -0.2) is 21.0 Å². The lowest BCUT2D eigenvalue weighted by Gasteiger charge is -2.18. The zero-order valence-corrected chi connectivity index (χ0v) is 15.2. The zero-order chi connectivity index (χ0) is 18.3. The van der Waals surface area contributed by atoms with Crippen LogP contribution in [-0.2, 0) is 5.54 Å². The Morgan fingerprint density at radius 1 is 1.15 bits per heavy atom. The number of carbonyl (C=O) groups is 1. The van der Waals surface area contributed by atoms with Gasteiger partial charge in [0.05, 0.1) is 22.1 Å². The van der Waals surface area contributed by atoms with Crippen molar-refractivity contribution in [2.24, 2.45) is 0 Å². The summed E-state index contributed by atoms with van der Waals surface area (Å²) in [6, 6.07) is 15.5. The van der Waals surface area contributed by atoms with Crippen LogP contribution in [0.25, 0.3) is 22.6 Å². The van der Waals surface area contributed by atoms with Crippen LogP contribution in [0.3, 0.4) is 0 Å². The van der Waals surface area contributed by atoms with Gasteiger partial charge in [0.1, 0.15) is 5.69 Å². The molecule has 3 N–H and O–H groups in total. The fraction of sp³-hybridized carbons (Fsp3) is 0.150. The summed E-state index contributed by atoms with van der Waals surface area (Å²) < 4.78 is 0. The van der Waals surface area contributed by atoms with E-state index in [4.69, 9.17) is 0 Å². The minimum atomic E-state index is -0.235. The van der Waals surface area contributed by atoms with E-state index in [2.05, 4.69) is 37.7 Å². The highest BCUT2D eigenvalue weighted by Crippen LogP contribution is 2.45. The molecule has 1 aliphatic carbocycles. The maximum atomic E-state index is 12.5. The molecule has 6 nitrogen and oxygen atoms in total. The van der Waals surface area contributed by atoms with Crippen molar-refractivity contribution in [2.75, 3.05) is 5.32 Å². The molecule has 0 unspecified atom stereocenters. The van der Waals surface area contributed by atoms with Gasteiger partial charge in [-0.3, -0.25) is 0 Å². The number of thiazole rings is 1. The van der Waals surface area contributed by atoms with Gasteiger partial charge in [0, 0.05) is 11.1 Å². The molecule has 0 aliphatic heterocycles. The van der Waals surface area contributed by atoms with E-state index in [0.29, 0.717) is 0 Å². The fourth-order valence-electron chi connectivity index (χ4n) is 3.29. The summed E-state index contributed by atoms with van der Waals surface area (Å²) in [5.41, 5.74) is 5.94. The number of nitrogens with one attached hydrogen (secondary N) is 3. The first-order valence-corrected chi connectivity index (χ1v) is 9.69. The third kappa shape index (κ3) is 3.06. The smallest absolute Gasteiger partial charge is 0.319 e. The van der Waals surface area contributed by atoms with E-state index >= 15 is 0 Å². The first kappa shape index (κ1) is 16.0. The highest BCUT2D eigenvalue weighted by molar-refractivity contribution is 7.07. The SMILES string of the molecule is O=C(Nc1ccc2nc(-c3cscn3)[nH]c2c1)NC1(c2ccccc2)CC1. The van der Waals surface area contributed by atoms with E-state index in [1.54, 1.807) is 5.51 Å². The molecular formula is C20H17N5OS. The lowest BCUT2D eigenvalue weighted by Crippen LogP contribution is -2.38. The quantitative estimate of drug-likeness (QED) is 0.491. The number of anilines is 1. The van der Waals surface area contributed by atoms with Crippen molar-refractivity contribution in [3.63, 3.8) is 0 Å². The van der Waals surface area contributed by atoms with Crippen LogP contribution in [0.4, 0.5) is 10.5 Å². The van der Waals surface area contributed by atoms with Gasteiger partial charge in [0.2, 0.25) is 0 Å². The van der Waals surface area contributed by atoms with Crippen LogP contribution in [0.15, 0.2) is 59.4 Å². The Labute approximate surface area is 159 Å². The predicted octanol–water partition coefficient (Wildman–Crippen LogP) is 4.50. The first-order valence-electron chi connectivity index (χ1n) is 8.75. The summed E-state index contributed by atoms with van der Waals surface area (Å²) in [7, 11) is 0. The van der Waals surface area contributed by atoms with Gasteiger partial charge in [0.15, 0.2) is 5.82 Å². The number of hydrogen-bond donors (Lipinski definition) is 3. The number of imidazole rings is 1. The Morgan fingerprint density at radius 3 is 2.74 bits per heavy atom. The Kier molecular flexibility index (Phi) is 3.68. The van der Waals surface area contributed by atoms with Crippen LogP contribution in [0.2, 0.25) is 0 Å². The number of hydrogen-bond acceptors (Lipinski definition) is 4. The van der Waals surface area contributed by atoms with Gasteiger partial charge >= 0.3 is 6.03 Å². The van der Waals surface area contributed by atoms with E-state index in [1.807, 2.05) is 41.8 Å². The van der Waals surface area contributed by atoms with Crippen LogP contribution >= 0.6 is 11.3 Å². The molecular weight excluding hydrogens is 358 g/mol. The molecule has 4 aromatic rings. The third-order valence-corrected chi connectivity index (χ3v) is 5.43. The number of benzene rings is 2. The standard InChI is InChI=1S/C20H17N5OS/c26-19(25-20(8-9-20)13-4-2-1-3-5-13)22-14-6-7-15-16(10-14)24-18(23-15)17-11-27-12-21-17/h1-7,10-12H,8-9H2,(H,23,24)(H2,22,25,26). The maximum Gasteiger partial charge on any atom is 0.319 e. The zero-order valence-electron chi connectivity index (χ0n) is 14.4. The Morgan fingerprint density at radius 2 is 2.00 bits per heavy atom. The van der Waals surface area contributed by atoms with Gasteiger partial charge in [-0.1, -0.05) is 30.3 Å². The molecule has 0 radical (unpaired) electrons. The van der Waals surface area contributed by atoms with Crippen LogP contribution in [0.1, 0.15) is 18.4 Å². The monoisotopic (exact) mass is 375 g/mol. The number of rotatable bonds is 4. The van der Waals surface area contributed by atoms with E-state index in [9.17, 15) is 4.79 Å². The van der Waals surface area contributed by atoms with Gasteiger partial charge in [-0.15, -0.1) is 11.3 Å². The van der Waals surface area contributed by atoms with Gasteiger partial charge in [-0.25, -0.2) is 14.8 Å². The molecule has 1 aliphatic rings. The van der Waals surface area contributed by atoms with Crippen LogP contribution < -0.4 is 10.6 Å². The van der Waals surface area contributed by atoms with Crippen molar-refractivity contribution in [3.05, 3.63) is 65.0 Å². The van der Waals surface area contributed by atoms with Crippen molar-refractivity contribution in [2.45, 2.75) is 18.4 Å². The molecule has 1 saturated carbocycles. The normalized spacial score (nSPS) is 14.8. The second kappa shape index (κ2) is 6.21. The summed E-state index contributed by atoms with van der Waals surface area (Å²) in [6.45, 7) is 0. The minimum Gasteiger partial charge on any atom is -0.337 e. The summed E-state index contributed by atoms with van der Waals surface area (Å²) >= 11 is 1.53. The number of urea groups is 1. The summed E-state index contributed by atoms with van der Waals surface area (Å²) in [5, 5.41) is 8.00. The molecule has 7 heteroatoms. The number of nitrogens with zero attached hydrogens (tertiary/aromatic N) is 2. The second-order valence-corrected chi connectivity index (χ2v) is 7.44. The predicted molar refractivity (Wildman–Crippen MR) is 107 cm³/mol. The average Bonchev–Trinajstić information content (AvgIpc) is 3.10. The number of carbonyl (C=O) groups excluding carboxylic acids is 1. The second-order valence-electron chi connectivity index (χ2n) is 6.72. The van der Waals surface area contributed by atoms with Crippen LogP contribution in [0, 0.1) is 0 Å². The lowest BCUT2D eigenvalue weighted by atomic mass is 10.1. The summed E-state index contributed by atoms with van der Waals surface area (Å²) in [5.74, 6) is 0.730. The lowest BCUT2D eigenvalue weighted by molar-refractivity contribution is 0.247. The molecule has 0 spiro atoms. The molecule has 2 amide bonds. The Hall–Kier alpha value is -3.19. The van der Waals surface area contributed by atoms with E-state index in [-0.39, 0.29) is 11.6 Å². The van der Waals surface area contributed by atoms with E-state index in [1.165, 1.54) is 11.3 Å².